The van der Waals surface area contributed by atoms with Crippen molar-refractivity contribution in [2.75, 3.05) is 25.1 Å². The molecule has 1 fully saturated rings. The van der Waals surface area contributed by atoms with Gasteiger partial charge in [-0.1, -0.05) is 12.1 Å². The molecule has 30 heavy (non-hydrogen) atoms. The lowest BCUT2D eigenvalue weighted by molar-refractivity contribution is 0.0602. The summed E-state index contributed by atoms with van der Waals surface area (Å²) in [5.74, 6) is 0.539. The molecule has 1 aliphatic rings. The second kappa shape index (κ2) is 8.29. The zero-order valence-corrected chi connectivity index (χ0v) is 18.3. The van der Waals surface area contributed by atoms with Crippen molar-refractivity contribution in [3.05, 3.63) is 45.9 Å². The number of carbonyl (C=O) groups excluding carboxylic acids is 1. The zero-order valence-electron chi connectivity index (χ0n) is 16.7. The van der Waals surface area contributed by atoms with E-state index in [2.05, 4.69) is 24.3 Å². The van der Waals surface area contributed by atoms with Gasteiger partial charge in [0.2, 0.25) is 10.0 Å². The molecule has 10 heteroatoms. The maximum absolute atomic E-state index is 12.8. The van der Waals surface area contributed by atoms with Gasteiger partial charge in [-0.15, -0.1) is 11.3 Å². The van der Waals surface area contributed by atoms with Crippen LogP contribution in [0.15, 0.2) is 34.5 Å². The smallest absolute Gasteiger partial charge is 0.349 e. The molecule has 0 bridgehead atoms. The van der Waals surface area contributed by atoms with Gasteiger partial charge in [-0.05, 0) is 42.8 Å². The number of nitrogens with zero attached hydrogens (tertiary/aromatic N) is 3. The number of hydrogen-bond donors (Lipinski definition) is 1. The molecule has 0 aliphatic carbocycles. The number of benzene rings is 1. The number of anilines is 1. The van der Waals surface area contributed by atoms with E-state index in [-0.39, 0.29) is 16.3 Å². The van der Waals surface area contributed by atoms with Crippen LogP contribution in [0.25, 0.3) is 10.9 Å². The van der Waals surface area contributed by atoms with Crippen LogP contribution in [0.1, 0.15) is 33.9 Å². The summed E-state index contributed by atoms with van der Waals surface area (Å²) in [4.78, 5) is 23.3. The van der Waals surface area contributed by atoms with Crippen LogP contribution < -0.4 is 9.62 Å². The molecule has 3 heterocycles. The van der Waals surface area contributed by atoms with Crippen LogP contribution in [0, 0.1) is 6.92 Å². The van der Waals surface area contributed by atoms with E-state index in [4.69, 9.17) is 0 Å². The predicted molar refractivity (Wildman–Crippen MR) is 115 cm³/mol. The number of methoxy groups -OCH3 is 1. The lowest BCUT2D eigenvalue weighted by Gasteiger charge is -2.20. The van der Waals surface area contributed by atoms with Gasteiger partial charge in [-0.3, -0.25) is 0 Å². The minimum Gasteiger partial charge on any atom is -0.465 e. The maximum Gasteiger partial charge on any atom is 0.349 e. The lowest BCUT2D eigenvalue weighted by Crippen LogP contribution is -2.26. The van der Waals surface area contributed by atoms with Crippen LogP contribution in [-0.2, 0) is 21.3 Å². The summed E-state index contributed by atoms with van der Waals surface area (Å²) in [6.07, 6.45) is 2.21. The first-order valence-electron chi connectivity index (χ1n) is 9.57. The Bertz CT molecular complexity index is 1200. The number of esters is 1. The Morgan fingerprint density at radius 2 is 2.00 bits per heavy atom. The van der Waals surface area contributed by atoms with Crippen molar-refractivity contribution in [1.29, 1.82) is 0 Å². The molecule has 3 aromatic rings. The number of rotatable bonds is 6. The number of sulfonamides is 1. The molecule has 1 saturated heterocycles. The Balaban J connectivity index is 1.67. The van der Waals surface area contributed by atoms with E-state index in [0.29, 0.717) is 5.82 Å². The van der Waals surface area contributed by atoms with E-state index in [1.165, 1.54) is 13.2 Å². The monoisotopic (exact) mass is 446 g/mol. The number of aryl methyl sites for hydroxylation is 1. The Morgan fingerprint density at radius 1 is 1.23 bits per heavy atom. The third-order valence-corrected chi connectivity index (χ3v) is 7.54. The summed E-state index contributed by atoms with van der Waals surface area (Å²) in [5.41, 5.74) is 1.82. The highest BCUT2D eigenvalue weighted by Gasteiger charge is 2.25. The number of nitrogens with one attached hydrogen (secondary N) is 1. The van der Waals surface area contributed by atoms with Crippen molar-refractivity contribution >= 4 is 44.1 Å². The summed E-state index contributed by atoms with van der Waals surface area (Å²) in [5, 5.41) is 2.51. The van der Waals surface area contributed by atoms with Gasteiger partial charge in [0, 0.05) is 18.5 Å². The maximum atomic E-state index is 12.8. The van der Waals surface area contributed by atoms with E-state index in [1.54, 1.807) is 5.38 Å². The Labute approximate surface area is 179 Å². The minimum atomic E-state index is -3.93. The van der Waals surface area contributed by atoms with E-state index in [1.807, 2.05) is 25.1 Å². The summed E-state index contributed by atoms with van der Waals surface area (Å²) < 4.78 is 32.8. The van der Waals surface area contributed by atoms with E-state index >= 15 is 0 Å². The molecule has 8 nitrogen and oxygen atoms in total. The molecule has 158 valence electrons. The van der Waals surface area contributed by atoms with Gasteiger partial charge in [-0.2, -0.15) is 0 Å². The Kier molecular flexibility index (Phi) is 5.72. The number of carbonyl (C=O) groups is 1. The summed E-state index contributed by atoms with van der Waals surface area (Å²) in [6, 6.07) is 7.34. The third-order valence-electron chi connectivity index (χ3n) is 5.07. The van der Waals surface area contributed by atoms with E-state index in [0.717, 1.165) is 59.6 Å². The first kappa shape index (κ1) is 20.7. The molecule has 0 radical (unpaired) electrons. The normalized spacial score (nSPS) is 14.4. The quantitative estimate of drug-likeness (QED) is 0.581. The minimum absolute atomic E-state index is 0.0398. The molecule has 4 rings (SSSR count). The third kappa shape index (κ3) is 3.90. The van der Waals surface area contributed by atoms with Crippen molar-refractivity contribution < 1.29 is 17.9 Å². The highest BCUT2D eigenvalue weighted by Crippen LogP contribution is 2.29. The van der Waals surface area contributed by atoms with E-state index < -0.39 is 16.0 Å². The van der Waals surface area contributed by atoms with E-state index in [9.17, 15) is 13.2 Å². The van der Waals surface area contributed by atoms with Gasteiger partial charge >= 0.3 is 5.97 Å². The molecule has 0 saturated carbocycles. The van der Waals surface area contributed by atoms with Crippen LogP contribution in [0.3, 0.4) is 0 Å². The number of para-hydroxylation sites is 1. The summed E-state index contributed by atoms with van der Waals surface area (Å²) in [6.45, 7) is 3.74. The fraction of sp³-hybridized carbons (Fsp3) is 0.350. The fourth-order valence-corrected chi connectivity index (χ4v) is 5.87. The molecular weight excluding hydrogens is 424 g/mol. The Hall–Kier alpha value is -2.56. The average Bonchev–Trinajstić information content (AvgIpc) is 3.44. The van der Waals surface area contributed by atoms with Crippen molar-refractivity contribution in [3.8, 4) is 0 Å². The average molecular weight is 447 g/mol. The van der Waals surface area contributed by atoms with Crippen LogP contribution in [-0.4, -0.2) is 44.6 Å². The number of thiophene rings is 1. The lowest BCUT2D eigenvalue weighted by atomic mass is 10.1. The molecule has 0 atom stereocenters. The molecule has 0 spiro atoms. The van der Waals surface area contributed by atoms with Gasteiger partial charge in [-0.25, -0.2) is 27.9 Å². The van der Waals surface area contributed by atoms with Gasteiger partial charge in [0.15, 0.2) is 0 Å². The standard InChI is InChI=1S/C20H22N4O4S2/c1-13-6-5-7-14-17(13)22-16(23-19(14)24-9-3-4-10-24)12-21-30(26,27)15-8-11-29-18(15)20(25)28-2/h5-8,11,21H,3-4,9-10,12H2,1-2H3. The SMILES string of the molecule is COC(=O)c1sccc1S(=O)(=O)NCc1nc(N2CCCC2)c2cccc(C)c2n1. The highest BCUT2D eigenvalue weighted by atomic mass is 32.2. The van der Waals surface area contributed by atoms with Crippen molar-refractivity contribution in [2.24, 2.45) is 0 Å². The molecule has 1 N–H and O–H groups in total. The first-order chi connectivity index (χ1) is 14.4. The summed E-state index contributed by atoms with van der Waals surface area (Å²) in [7, 11) is -2.71. The highest BCUT2D eigenvalue weighted by molar-refractivity contribution is 7.89. The molecule has 1 aliphatic heterocycles. The van der Waals surface area contributed by atoms with Crippen LogP contribution in [0.5, 0.6) is 0 Å². The van der Waals surface area contributed by atoms with Gasteiger partial charge < -0.3 is 9.64 Å². The predicted octanol–water partition coefficient (Wildman–Crippen LogP) is 2.87. The van der Waals surface area contributed by atoms with Crippen LogP contribution >= 0.6 is 11.3 Å². The van der Waals surface area contributed by atoms with Crippen LogP contribution in [0.4, 0.5) is 5.82 Å². The van der Waals surface area contributed by atoms with Crippen LogP contribution in [0.2, 0.25) is 0 Å². The van der Waals surface area contributed by atoms with Crippen molar-refractivity contribution in [3.63, 3.8) is 0 Å². The van der Waals surface area contributed by atoms with Gasteiger partial charge in [0.05, 0.1) is 19.2 Å². The zero-order chi connectivity index (χ0) is 21.3. The first-order valence-corrected chi connectivity index (χ1v) is 11.9. The topological polar surface area (TPSA) is 101 Å². The Morgan fingerprint density at radius 3 is 2.73 bits per heavy atom. The molecule has 1 aromatic carbocycles. The second-order valence-electron chi connectivity index (χ2n) is 7.06. The van der Waals surface area contributed by atoms with Crippen molar-refractivity contribution in [2.45, 2.75) is 31.2 Å². The molecular formula is C20H22N4O4S2. The largest absolute Gasteiger partial charge is 0.465 e. The van der Waals surface area contributed by atoms with Crippen molar-refractivity contribution in [1.82, 2.24) is 14.7 Å². The van der Waals surface area contributed by atoms with Gasteiger partial charge in [0.1, 0.15) is 21.4 Å². The molecule has 0 amide bonds. The second-order valence-corrected chi connectivity index (χ2v) is 9.71. The van der Waals surface area contributed by atoms with Gasteiger partial charge in [0.25, 0.3) is 0 Å². The molecule has 2 aromatic heterocycles. The number of hydrogen-bond acceptors (Lipinski definition) is 8. The molecule has 0 unspecified atom stereocenters. The number of aromatic nitrogens is 2. The number of fused-ring (bicyclic) bond motifs is 1. The summed E-state index contributed by atoms with van der Waals surface area (Å²) >= 11 is 1.02. The fourth-order valence-electron chi connectivity index (χ4n) is 3.56. The number of ether oxygens (including phenoxy) is 1.